The Kier molecular flexibility index (Phi) is 2.69. The summed E-state index contributed by atoms with van der Waals surface area (Å²) >= 11 is 0. The average molecular weight is 204 g/mol. The van der Waals surface area contributed by atoms with E-state index in [0.29, 0.717) is 6.42 Å². The molecule has 0 radical (unpaired) electrons. The van der Waals surface area contributed by atoms with Gasteiger partial charge in [0.05, 0.1) is 11.9 Å². The number of aliphatic hydroxyl groups is 1. The highest BCUT2D eigenvalue weighted by atomic mass is 16.3. The third kappa shape index (κ3) is 2.16. The topological polar surface area (TPSA) is 58.3 Å². The zero-order valence-electron chi connectivity index (χ0n) is 8.17. The zero-order valence-corrected chi connectivity index (χ0v) is 8.17. The summed E-state index contributed by atoms with van der Waals surface area (Å²) in [4.78, 5) is 0. The number of rotatable bonds is 3. The molecule has 0 amide bonds. The van der Waals surface area contributed by atoms with Crippen LogP contribution in [0.3, 0.4) is 0 Å². The number of aliphatic hydroxyl groups excluding tert-OH is 1. The Labute approximate surface area is 87.4 Å². The van der Waals surface area contributed by atoms with Gasteiger partial charge in [-0.1, -0.05) is 6.07 Å². The molecule has 0 unspecified atom stereocenters. The summed E-state index contributed by atoms with van der Waals surface area (Å²) in [6.45, 7) is 0.117. The Balaban J connectivity index is 2.29. The van der Waals surface area contributed by atoms with E-state index in [-0.39, 0.29) is 12.4 Å². The van der Waals surface area contributed by atoms with Crippen LogP contribution >= 0.6 is 0 Å². The maximum absolute atomic E-state index is 9.30. The quantitative estimate of drug-likeness (QED) is 0.787. The lowest BCUT2D eigenvalue weighted by atomic mass is 10.3. The largest absolute Gasteiger partial charge is 0.508 e. The highest BCUT2D eigenvalue weighted by Crippen LogP contribution is 2.14. The van der Waals surface area contributed by atoms with Gasteiger partial charge < -0.3 is 10.2 Å². The number of benzene rings is 1. The SMILES string of the molecule is OCCc1cnn(-c2cccc(O)c2)c1. The van der Waals surface area contributed by atoms with Crippen LogP contribution in [-0.4, -0.2) is 26.6 Å². The van der Waals surface area contributed by atoms with E-state index in [1.165, 1.54) is 0 Å². The number of aromatic nitrogens is 2. The van der Waals surface area contributed by atoms with Crippen molar-refractivity contribution in [3.05, 3.63) is 42.2 Å². The number of phenols is 1. The van der Waals surface area contributed by atoms with Gasteiger partial charge in [0.15, 0.2) is 0 Å². The van der Waals surface area contributed by atoms with Crippen LogP contribution in [0.2, 0.25) is 0 Å². The van der Waals surface area contributed by atoms with Gasteiger partial charge in [-0.15, -0.1) is 0 Å². The monoisotopic (exact) mass is 204 g/mol. The number of hydrogen-bond acceptors (Lipinski definition) is 3. The van der Waals surface area contributed by atoms with E-state index < -0.39 is 0 Å². The fraction of sp³-hybridized carbons (Fsp3) is 0.182. The zero-order chi connectivity index (χ0) is 10.7. The Morgan fingerprint density at radius 2 is 2.20 bits per heavy atom. The molecule has 15 heavy (non-hydrogen) atoms. The van der Waals surface area contributed by atoms with Crippen molar-refractivity contribution in [2.75, 3.05) is 6.61 Å². The number of nitrogens with zero attached hydrogens (tertiary/aromatic N) is 2. The van der Waals surface area contributed by atoms with Crippen LogP contribution in [-0.2, 0) is 6.42 Å². The third-order valence-electron chi connectivity index (χ3n) is 2.13. The second-order valence-corrected chi connectivity index (χ2v) is 3.29. The van der Waals surface area contributed by atoms with Crippen molar-refractivity contribution in [1.82, 2.24) is 9.78 Å². The minimum absolute atomic E-state index is 0.117. The molecule has 1 aromatic heterocycles. The van der Waals surface area contributed by atoms with Gasteiger partial charge in [0.25, 0.3) is 0 Å². The highest BCUT2D eigenvalue weighted by molar-refractivity contribution is 5.38. The predicted octanol–water partition coefficient (Wildman–Crippen LogP) is 1.11. The molecule has 1 heterocycles. The molecule has 0 bridgehead atoms. The van der Waals surface area contributed by atoms with Gasteiger partial charge in [-0.05, 0) is 24.1 Å². The maximum atomic E-state index is 9.30. The first-order valence-electron chi connectivity index (χ1n) is 4.73. The summed E-state index contributed by atoms with van der Waals surface area (Å²) in [6.07, 6.45) is 4.14. The van der Waals surface area contributed by atoms with Crippen molar-refractivity contribution in [2.24, 2.45) is 0 Å². The van der Waals surface area contributed by atoms with E-state index in [4.69, 9.17) is 5.11 Å². The second-order valence-electron chi connectivity index (χ2n) is 3.29. The van der Waals surface area contributed by atoms with Gasteiger partial charge in [-0.3, -0.25) is 0 Å². The van der Waals surface area contributed by atoms with Crippen molar-refractivity contribution in [2.45, 2.75) is 6.42 Å². The molecule has 78 valence electrons. The molecule has 0 saturated heterocycles. The Morgan fingerprint density at radius 3 is 2.93 bits per heavy atom. The second kappa shape index (κ2) is 4.14. The van der Waals surface area contributed by atoms with E-state index >= 15 is 0 Å². The first-order chi connectivity index (χ1) is 7.29. The van der Waals surface area contributed by atoms with Gasteiger partial charge in [-0.25, -0.2) is 4.68 Å². The molecule has 0 atom stereocenters. The van der Waals surface area contributed by atoms with Crippen LogP contribution < -0.4 is 0 Å². The average Bonchev–Trinajstić information content (AvgIpc) is 2.67. The number of aromatic hydroxyl groups is 1. The summed E-state index contributed by atoms with van der Waals surface area (Å²) in [5.74, 6) is 0.215. The molecule has 0 spiro atoms. The van der Waals surface area contributed by atoms with Crippen LogP contribution in [0.4, 0.5) is 0 Å². The molecular formula is C11H12N2O2. The third-order valence-corrected chi connectivity index (χ3v) is 2.13. The Hall–Kier alpha value is -1.81. The molecule has 2 N–H and O–H groups in total. The maximum Gasteiger partial charge on any atom is 0.117 e. The van der Waals surface area contributed by atoms with Crippen molar-refractivity contribution < 1.29 is 10.2 Å². The molecule has 0 aliphatic rings. The van der Waals surface area contributed by atoms with Gasteiger partial charge in [0.1, 0.15) is 5.75 Å². The van der Waals surface area contributed by atoms with Crippen LogP contribution in [0, 0.1) is 0 Å². The van der Waals surface area contributed by atoms with Gasteiger partial charge in [-0.2, -0.15) is 5.10 Å². The van der Waals surface area contributed by atoms with Crippen molar-refractivity contribution in [3.8, 4) is 11.4 Å². The highest BCUT2D eigenvalue weighted by Gasteiger charge is 2.00. The Bertz CT molecular complexity index is 451. The molecule has 1 aromatic carbocycles. The summed E-state index contributed by atoms with van der Waals surface area (Å²) in [6, 6.07) is 6.87. The number of phenolic OH excluding ortho intramolecular Hbond substituents is 1. The number of hydrogen-bond donors (Lipinski definition) is 2. The summed E-state index contributed by atoms with van der Waals surface area (Å²) in [7, 11) is 0. The van der Waals surface area contributed by atoms with E-state index in [2.05, 4.69) is 5.10 Å². The molecule has 0 saturated carbocycles. The molecule has 0 aliphatic heterocycles. The van der Waals surface area contributed by atoms with Crippen LogP contribution in [0.1, 0.15) is 5.56 Å². The molecule has 2 rings (SSSR count). The molecule has 0 aliphatic carbocycles. The molecule has 0 fully saturated rings. The first kappa shape index (κ1) is 9.73. The smallest absolute Gasteiger partial charge is 0.117 e. The lowest BCUT2D eigenvalue weighted by Gasteiger charge is -2.00. The first-order valence-corrected chi connectivity index (χ1v) is 4.73. The molecular weight excluding hydrogens is 192 g/mol. The predicted molar refractivity (Wildman–Crippen MR) is 56.0 cm³/mol. The van der Waals surface area contributed by atoms with Gasteiger partial charge >= 0.3 is 0 Å². The van der Waals surface area contributed by atoms with Gasteiger partial charge in [0, 0.05) is 18.9 Å². The molecule has 4 nitrogen and oxygen atoms in total. The van der Waals surface area contributed by atoms with E-state index in [1.807, 2.05) is 12.3 Å². The summed E-state index contributed by atoms with van der Waals surface area (Å²) < 4.78 is 1.67. The van der Waals surface area contributed by atoms with Gasteiger partial charge in [0.2, 0.25) is 0 Å². The molecule has 2 aromatic rings. The van der Waals surface area contributed by atoms with Crippen molar-refractivity contribution in [1.29, 1.82) is 0 Å². The summed E-state index contributed by atoms with van der Waals surface area (Å²) in [5.41, 5.74) is 1.78. The fourth-order valence-electron chi connectivity index (χ4n) is 1.40. The van der Waals surface area contributed by atoms with Crippen LogP contribution in [0.15, 0.2) is 36.7 Å². The normalized spacial score (nSPS) is 10.5. The van der Waals surface area contributed by atoms with Crippen molar-refractivity contribution in [3.63, 3.8) is 0 Å². The summed E-state index contributed by atoms with van der Waals surface area (Å²) in [5, 5.41) is 22.2. The van der Waals surface area contributed by atoms with Crippen LogP contribution in [0.25, 0.3) is 5.69 Å². The van der Waals surface area contributed by atoms with E-state index in [1.54, 1.807) is 29.1 Å². The minimum Gasteiger partial charge on any atom is -0.508 e. The van der Waals surface area contributed by atoms with Crippen LogP contribution in [0.5, 0.6) is 5.75 Å². The van der Waals surface area contributed by atoms with Crippen molar-refractivity contribution >= 4 is 0 Å². The minimum atomic E-state index is 0.117. The Morgan fingerprint density at radius 1 is 1.33 bits per heavy atom. The van der Waals surface area contributed by atoms with E-state index in [0.717, 1.165) is 11.3 Å². The lowest BCUT2D eigenvalue weighted by molar-refractivity contribution is 0.299. The lowest BCUT2D eigenvalue weighted by Crippen LogP contribution is -1.93. The molecule has 4 heteroatoms. The van der Waals surface area contributed by atoms with E-state index in [9.17, 15) is 5.11 Å². The standard InChI is InChI=1S/C11H12N2O2/c14-5-4-9-7-12-13(8-9)10-2-1-3-11(15)6-10/h1-3,6-8,14-15H,4-5H2. The fourth-order valence-corrected chi connectivity index (χ4v) is 1.40.